The summed E-state index contributed by atoms with van der Waals surface area (Å²) in [5.74, 6) is 0.748. The minimum absolute atomic E-state index is 0.0310. The van der Waals surface area contributed by atoms with Crippen molar-refractivity contribution in [1.82, 2.24) is 4.90 Å². The highest BCUT2D eigenvalue weighted by Crippen LogP contribution is 2.23. The Kier molecular flexibility index (Phi) is 6.16. The lowest BCUT2D eigenvalue weighted by molar-refractivity contribution is 0.0681. The molecule has 0 aromatic heterocycles. The molecule has 144 valence electrons. The van der Waals surface area contributed by atoms with Crippen LogP contribution in [0.25, 0.3) is 0 Å². The van der Waals surface area contributed by atoms with Crippen molar-refractivity contribution in [3.63, 3.8) is 0 Å². The van der Waals surface area contributed by atoms with Crippen LogP contribution in [0.15, 0.2) is 54.6 Å². The van der Waals surface area contributed by atoms with Gasteiger partial charge in [-0.2, -0.15) is 0 Å². The lowest BCUT2D eigenvalue weighted by Gasteiger charge is -2.28. The maximum absolute atomic E-state index is 13.2. The molecular weight excluding hydrogens is 362 g/mol. The van der Waals surface area contributed by atoms with Crippen LogP contribution < -0.4 is 4.74 Å². The molecule has 1 saturated heterocycles. The van der Waals surface area contributed by atoms with Crippen molar-refractivity contribution >= 4 is 15.7 Å². The number of rotatable bonds is 7. The average molecular weight is 388 g/mol. The third-order valence-corrected chi connectivity index (χ3v) is 6.43. The van der Waals surface area contributed by atoms with Crippen molar-refractivity contribution in [2.75, 3.05) is 18.1 Å². The van der Waals surface area contributed by atoms with Crippen molar-refractivity contribution in [2.45, 2.75) is 32.4 Å². The summed E-state index contributed by atoms with van der Waals surface area (Å²) in [6.45, 7) is 3.07. The fourth-order valence-corrected chi connectivity index (χ4v) is 4.98. The number of carbonyl (C=O) groups excluding carboxylic acids is 1. The highest BCUT2D eigenvalue weighted by molar-refractivity contribution is 7.91. The van der Waals surface area contributed by atoms with Gasteiger partial charge in [0.1, 0.15) is 5.75 Å². The Balaban J connectivity index is 1.82. The second kappa shape index (κ2) is 8.57. The van der Waals surface area contributed by atoms with Crippen LogP contribution in [0.1, 0.15) is 35.7 Å². The zero-order chi connectivity index (χ0) is 19.3. The van der Waals surface area contributed by atoms with Crippen LogP contribution in [0.4, 0.5) is 0 Å². The van der Waals surface area contributed by atoms with E-state index in [1.54, 1.807) is 29.2 Å². The van der Waals surface area contributed by atoms with E-state index in [1.807, 2.05) is 37.3 Å². The molecule has 1 heterocycles. The van der Waals surface area contributed by atoms with E-state index < -0.39 is 9.84 Å². The van der Waals surface area contributed by atoms with Crippen LogP contribution in [0.2, 0.25) is 0 Å². The highest BCUT2D eigenvalue weighted by atomic mass is 32.2. The molecular formula is C21H25NO4S. The molecule has 1 aliphatic rings. The SMILES string of the molecule is CCCOc1ccc(C(=O)N(Cc2ccccc2)C2CCS(=O)(=O)C2)cc1. The largest absolute Gasteiger partial charge is 0.494 e. The summed E-state index contributed by atoms with van der Waals surface area (Å²) >= 11 is 0. The highest BCUT2D eigenvalue weighted by Gasteiger charge is 2.35. The number of hydrogen-bond donors (Lipinski definition) is 0. The van der Waals surface area contributed by atoms with Crippen LogP contribution in [0.5, 0.6) is 5.75 Å². The molecule has 2 aromatic carbocycles. The van der Waals surface area contributed by atoms with Gasteiger partial charge in [0.05, 0.1) is 18.1 Å². The van der Waals surface area contributed by atoms with E-state index in [2.05, 4.69) is 0 Å². The third-order valence-electron chi connectivity index (χ3n) is 4.68. The fourth-order valence-electron chi connectivity index (χ4n) is 3.25. The smallest absolute Gasteiger partial charge is 0.254 e. The quantitative estimate of drug-likeness (QED) is 0.731. The summed E-state index contributed by atoms with van der Waals surface area (Å²) < 4.78 is 29.5. The molecule has 0 saturated carbocycles. The Morgan fingerprint density at radius 1 is 1.11 bits per heavy atom. The van der Waals surface area contributed by atoms with Crippen LogP contribution in [-0.4, -0.2) is 43.4 Å². The summed E-state index contributed by atoms with van der Waals surface area (Å²) in [5.41, 5.74) is 1.53. The molecule has 0 bridgehead atoms. The lowest BCUT2D eigenvalue weighted by Crippen LogP contribution is -2.40. The monoisotopic (exact) mass is 387 g/mol. The summed E-state index contributed by atoms with van der Waals surface area (Å²) in [6, 6.07) is 16.4. The van der Waals surface area contributed by atoms with Crippen LogP contribution in [0.3, 0.4) is 0 Å². The molecule has 2 aromatic rings. The standard InChI is InChI=1S/C21H25NO4S/c1-2-13-26-20-10-8-18(9-11-20)21(23)22(15-17-6-4-3-5-7-17)19-12-14-27(24,25)16-19/h3-11,19H,2,12-16H2,1H3. The first kappa shape index (κ1) is 19.4. The molecule has 27 heavy (non-hydrogen) atoms. The lowest BCUT2D eigenvalue weighted by atomic mass is 10.1. The molecule has 1 aliphatic heterocycles. The normalized spacial score (nSPS) is 18.2. The average Bonchev–Trinajstić information content (AvgIpc) is 3.04. The first-order valence-corrected chi connectivity index (χ1v) is 11.1. The van der Waals surface area contributed by atoms with Gasteiger partial charge >= 0.3 is 0 Å². The van der Waals surface area contributed by atoms with E-state index in [0.717, 1.165) is 17.7 Å². The zero-order valence-corrected chi connectivity index (χ0v) is 16.3. The maximum atomic E-state index is 13.2. The van der Waals surface area contributed by atoms with Gasteiger partial charge < -0.3 is 9.64 Å². The summed E-state index contributed by atoms with van der Waals surface area (Å²) in [5, 5.41) is 0. The topological polar surface area (TPSA) is 63.7 Å². The van der Waals surface area contributed by atoms with E-state index in [9.17, 15) is 13.2 Å². The number of ether oxygens (including phenoxy) is 1. The Hall–Kier alpha value is -2.34. The maximum Gasteiger partial charge on any atom is 0.254 e. The molecule has 0 aliphatic carbocycles. The van der Waals surface area contributed by atoms with Crippen molar-refractivity contribution in [3.05, 3.63) is 65.7 Å². The molecule has 1 amide bonds. The Morgan fingerprint density at radius 3 is 2.41 bits per heavy atom. The van der Waals surface area contributed by atoms with Gasteiger partial charge in [-0.05, 0) is 42.7 Å². The fraction of sp³-hybridized carbons (Fsp3) is 0.381. The predicted octanol–water partition coefficient (Wildman–Crippen LogP) is 3.30. The molecule has 0 N–H and O–H groups in total. The number of hydrogen-bond acceptors (Lipinski definition) is 4. The van der Waals surface area contributed by atoms with Gasteiger partial charge in [0.25, 0.3) is 5.91 Å². The predicted molar refractivity (Wildman–Crippen MR) is 106 cm³/mol. The van der Waals surface area contributed by atoms with Crippen molar-refractivity contribution < 1.29 is 17.9 Å². The first-order chi connectivity index (χ1) is 13.0. The molecule has 1 fully saturated rings. The minimum Gasteiger partial charge on any atom is -0.494 e. The second-order valence-electron chi connectivity index (χ2n) is 6.85. The summed E-state index contributed by atoms with van der Waals surface area (Å²) in [6.07, 6.45) is 1.40. The first-order valence-electron chi connectivity index (χ1n) is 9.26. The number of carbonyl (C=O) groups is 1. The van der Waals surface area contributed by atoms with Gasteiger partial charge in [-0.25, -0.2) is 8.42 Å². The van der Waals surface area contributed by atoms with Gasteiger partial charge in [0, 0.05) is 18.2 Å². The molecule has 5 nitrogen and oxygen atoms in total. The molecule has 0 radical (unpaired) electrons. The van der Waals surface area contributed by atoms with E-state index in [0.29, 0.717) is 25.1 Å². The second-order valence-corrected chi connectivity index (χ2v) is 9.08. The number of sulfone groups is 1. The van der Waals surface area contributed by atoms with Gasteiger partial charge in [-0.1, -0.05) is 37.3 Å². The van der Waals surface area contributed by atoms with E-state index in [-0.39, 0.29) is 23.5 Å². The summed E-state index contributed by atoms with van der Waals surface area (Å²) in [7, 11) is -3.08. The number of amides is 1. The van der Waals surface area contributed by atoms with E-state index in [4.69, 9.17) is 4.74 Å². The number of benzene rings is 2. The third kappa shape index (κ3) is 5.10. The van der Waals surface area contributed by atoms with Gasteiger partial charge in [0.15, 0.2) is 9.84 Å². The van der Waals surface area contributed by atoms with Crippen molar-refractivity contribution in [1.29, 1.82) is 0 Å². The number of nitrogens with zero attached hydrogens (tertiary/aromatic N) is 1. The molecule has 3 rings (SSSR count). The Bertz CT molecular complexity index is 863. The van der Waals surface area contributed by atoms with E-state index >= 15 is 0 Å². The van der Waals surface area contributed by atoms with E-state index in [1.165, 1.54) is 0 Å². The zero-order valence-electron chi connectivity index (χ0n) is 15.5. The molecule has 1 unspecified atom stereocenters. The summed E-state index contributed by atoms with van der Waals surface area (Å²) in [4.78, 5) is 14.9. The molecule has 0 spiro atoms. The van der Waals surface area contributed by atoms with Crippen LogP contribution in [0, 0.1) is 0 Å². The minimum atomic E-state index is -3.08. The van der Waals surface area contributed by atoms with Crippen molar-refractivity contribution in [2.24, 2.45) is 0 Å². The van der Waals surface area contributed by atoms with Crippen LogP contribution in [-0.2, 0) is 16.4 Å². The van der Waals surface area contributed by atoms with Crippen molar-refractivity contribution in [3.8, 4) is 5.75 Å². The van der Waals surface area contributed by atoms with Crippen LogP contribution >= 0.6 is 0 Å². The van der Waals surface area contributed by atoms with Gasteiger partial charge in [-0.3, -0.25) is 4.79 Å². The Labute approximate surface area is 160 Å². The molecule has 1 atom stereocenters. The molecule has 6 heteroatoms. The Morgan fingerprint density at radius 2 is 1.81 bits per heavy atom. The van der Waals surface area contributed by atoms with Gasteiger partial charge in [-0.15, -0.1) is 0 Å². The van der Waals surface area contributed by atoms with Gasteiger partial charge in [0.2, 0.25) is 0 Å².